The number of phenolic OH excluding ortho intramolecular Hbond substituents is 1. The van der Waals surface area contributed by atoms with Gasteiger partial charge in [-0.2, -0.15) is 0 Å². The van der Waals surface area contributed by atoms with E-state index in [1.807, 2.05) is 6.92 Å². The van der Waals surface area contributed by atoms with Gasteiger partial charge in [0.15, 0.2) is 0 Å². The number of halogens is 1. The number of phenols is 1. The topological polar surface area (TPSA) is 66.4 Å². The van der Waals surface area contributed by atoms with Crippen LogP contribution < -0.4 is 4.72 Å². The molecule has 21 heavy (non-hydrogen) atoms. The van der Waals surface area contributed by atoms with Crippen molar-refractivity contribution in [2.24, 2.45) is 0 Å². The number of nitrogens with one attached hydrogen (secondary N) is 1. The predicted octanol–water partition coefficient (Wildman–Crippen LogP) is 2.89. The van der Waals surface area contributed by atoms with Crippen LogP contribution in [0.4, 0.5) is 4.39 Å². The van der Waals surface area contributed by atoms with Crippen molar-refractivity contribution in [3.8, 4) is 16.9 Å². The van der Waals surface area contributed by atoms with Crippen LogP contribution in [-0.2, 0) is 10.0 Å². The van der Waals surface area contributed by atoms with E-state index in [9.17, 15) is 17.9 Å². The summed E-state index contributed by atoms with van der Waals surface area (Å²) in [5.41, 5.74) is 0.475. The van der Waals surface area contributed by atoms with Gasteiger partial charge in [-0.3, -0.25) is 0 Å². The molecule has 2 N–H and O–H groups in total. The molecular weight excluding hydrogens is 293 g/mol. The van der Waals surface area contributed by atoms with E-state index < -0.39 is 15.8 Å². The molecule has 0 atom stereocenters. The molecule has 0 aromatic heterocycles. The van der Waals surface area contributed by atoms with E-state index in [0.717, 1.165) is 0 Å². The van der Waals surface area contributed by atoms with E-state index in [1.165, 1.54) is 42.5 Å². The first kappa shape index (κ1) is 15.5. The van der Waals surface area contributed by atoms with Crippen LogP contribution in [0, 0.1) is 5.82 Å². The second-order valence-corrected chi connectivity index (χ2v) is 6.32. The zero-order valence-corrected chi connectivity index (χ0v) is 12.3. The highest BCUT2D eigenvalue weighted by Gasteiger charge is 2.15. The van der Waals surface area contributed by atoms with Gasteiger partial charge >= 0.3 is 0 Å². The lowest BCUT2D eigenvalue weighted by atomic mass is 10.0. The third kappa shape index (κ3) is 3.40. The second-order valence-electron chi connectivity index (χ2n) is 4.56. The number of hydrogen-bond acceptors (Lipinski definition) is 3. The minimum atomic E-state index is -3.55. The Hall–Kier alpha value is -1.92. The fourth-order valence-electron chi connectivity index (χ4n) is 1.92. The van der Waals surface area contributed by atoms with Gasteiger partial charge in [-0.25, -0.2) is 17.5 Å². The highest BCUT2D eigenvalue weighted by molar-refractivity contribution is 7.89. The van der Waals surface area contributed by atoms with Crippen LogP contribution in [-0.4, -0.2) is 20.1 Å². The van der Waals surface area contributed by atoms with E-state index in [4.69, 9.17) is 0 Å². The molecular formula is C15H16FNO3S. The SMILES string of the molecule is CCCNS(=O)(=O)c1ccc(-c2c(O)cccc2F)cc1. The van der Waals surface area contributed by atoms with Gasteiger partial charge in [0.1, 0.15) is 11.6 Å². The van der Waals surface area contributed by atoms with Crippen molar-refractivity contribution >= 4 is 10.0 Å². The third-order valence-electron chi connectivity index (χ3n) is 2.99. The fourth-order valence-corrected chi connectivity index (χ4v) is 3.05. The maximum atomic E-state index is 13.7. The molecule has 0 spiro atoms. The number of sulfonamides is 1. The van der Waals surface area contributed by atoms with Gasteiger partial charge < -0.3 is 5.11 Å². The first-order valence-corrected chi connectivity index (χ1v) is 8.01. The van der Waals surface area contributed by atoms with Gasteiger partial charge in [-0.15, -0.1) is 0 Å². The molecule has 2 aromatic rings. The van der Waals surface area contributed by atoms with E-state index in [2.05, 4.69) is 4.72 Å². The highest BCUT2D eigenvalue weighted by Crippen LogP contribution is 2.32. The minimum Gasteiger partial charge on any atom is -0.507 e. The standard InChI is InChI=1S/C15H16FNO3S/c1-2-10-17-21(19,20)12-8-6-11(7-9-12)15-13(16)4-3-5-14(15)18/h3-9,17-18H,2,10H2,1H3. The zero-order chi connectivity index (χ0) is 15.5. The summed E-state index contributed by atoms with van der Waals surface area (Å²) in [5, 5.41) is 9.72. The Morgan fingerprint density at radius 1 is 1.14 bits per heavy atom. The molecule has 4 nitrogen and oxygen atoms in total. The van der Waals surface area contributed by atoms with Crippen molar-refractivity contribution in [1.29, 1.82) is 0 Å². The summed E-state index contributed by atoms with van der Waals surface area (Å²) in [4.78, 5) is 0.107. The number of aromatic hydroxyl groups is 1. The normalized spacial score (nSPS) is 11.5. The van der Waals surface area contributed by atoms with Crippen molar-refractivity contribution in [2.75, 3.05) is 6.54 Å². The van der Waals surface area contributed by atoms with Crippen LogP contribution in [0.25, 0.3) is 11.1 Å². The maximum absolute atomic E-state index is 13.7. The third-order valence-corrected chi connectivity index (χ3v) is 4.46. The number of hydrogen-bond donors (Lipinski definition) is 2. The van der Waals surface area contributed by atoms with Crippen LogP contribution in [0.2, 0.25) is 0 Å². The molecule has 6 heteroatoms. The van der Waals surface area contributed by atoms with Gasteiger partial charge in [-0.1, -0.05) is 25.1 Å². The van der Waals surface area contributed by atoms with Crippen molar-refractivity contribution in [1.82, 2.24) is 4.72 Å². The van der Waals surface area contributed by atoms with Crippen LogP contribution >= 0.6 is 0 Å². The van der Waals surface area contributed by atoms with Crippen molar-refractivity contribution in [3.05, 3.63) is 48.3 Å². The zero-order valence-electron chi connectivity index (χ0n) is 11.5. The average Bonchev–Trinajstić information content (AvgIpc) is 2.45. The van der Waals surface area contributed by atoms with Crippen LogP contribution in [0.5, 0.6) is 5.75 Å². The Morgan fingerprint density at radius 3 is 2.38 bits per heavy atom. The van der Waals surface area contributed by atoms with Crippen LogP contribution in [0.15, 0.2) is 47.4 Å². The molecule has 0 bridgehead atoms. The smallest absolute Gasteiger partial charge is 0.240 e. The lowest BCUT2D eigenvalue weighted by molar-refractivity contribution is 0.472. The Morgan fingerprint density at radius 2 is 1.81 bits per heavy atom. The number of rotatable bonds is 5. The summed E-state index contributed by atoms with van der Waals surface area (Å²) in [6.07, 6.45) is 0.695. The van der Waals surface area contributed by atoms with E-state index in [0.29, 0.717) is 18.5 Å². The van der Waals surface area contributed by atoms with E-state index >= 15 is 0 Å². The van der Waals surface area contributed by atoms with Crippen LogP contribution in [0.3, 0.4) is 0 Å². The molecule has 0 saturated heterocycles. The first-order chi connectivity index (χ1) is 9.95. The molecule has 0 fully saturated rings. The number of benzene rings is 2. The van der Waals surface area contributed by atoms with Gasteiger partial charge in [0.05, 0.1) is 10.5 Å². The lowest BCUT2D eigenvalue weighted by Gasteiger charge is -2.08. The predicted molar refractivity (Wildman–Crippen MR) is 79.0 cm³/mol. The second kappa shape index (κ2) is 6.24. The molecule has 2 aromatic carbocycles. The maximum Gasteiger partial charge on any atom is 0.240 e. The van der Waals surface area contributed by atoms with Gasteiger partial charge in [0, 0.05) is 6.54 Å². The molecule has 0 aliphatic heterocycles. The molecule has 0 heterocycles. The monoisotopic (exact) mass is 309 g/mol. The summed E-state index contributed by atoms with van der Waals surface area (Å²) >= 11 is 0. The summed E-state index contributed by atoms with van der Waals surface area (Å²) < 4.78 is 40.1. The summed E-state index contributed by atoms with van der Waals surface area (Å²) in [6, 6.07) is 9.74. The van der Waals surface area contributed by atoms with Gasteiger partial charge in [0.25, 0.3) is 0 Å². The van der Waals surface area contributed by atoms with Crippen molar-refractivity contribution < 1.29 is 17.9 Å². The van der Waals surface area contributed by atoms with E-state index in [-0.39, 0.29) is 16.2 Å². The summed E-state index contributed by atoms with van der Waals surface area (Å²) in [7, 11) is -3.55. The lowest BCUT2D eigenvalue weighted by Crippen LogP contribution is -2.24. The molecule has 0 amide bonds. The van der Waals surface area contributed by atoms with Gasteiger partial charge in [-0.05, 0) is 36.2 Å². The van der Waals surface area contributed by atoms with Crippen molar-refractivity contribution in [3.63, 3.8) is 0 Å². The summed E-state index contributed by atoms with van der Waals surface area (Å²) in [6.45, 7) is 2.23. The quantitative estimate of drug-likeness (QED) is 0.892. The Balaban J connectivity index is 2.36. The molecule has 112 valence electrons. The molecule has 0 aliphatic carbocycles. The molecule has 0 saturated carbocycles. The average molecular weight is 309 g/mol. The summed E-state index contributed by atoms with van der Waals surface area (Å²) in [5.74, 6) is -0.746. The molecule has 0 radical (unpaired) electrons. The first-order valence-electron chi connectivity index (χ1n) is 6.53. The minimum absolute atomic E-state index is 0.0583. The Kier molecular flexibility index (Phi) is 4.59. The largest absolute Gasteiger partial charge is 0.507 e. The highest BCUT2D eigenvalue weighted by atomic mass is 32.2. The van der Waals surface area contributed by atoms with Crippen LogP contribution in [0.1, 0.15) is 13.3 Å². The van der Waals surface area contributed by atoms with Crippen molar-refractivity contribution in [2.45, 2.75) is 18.2 Å². The molecule has 2 rings (SSSR count). The molecule has 0 unspecified atom stereocenters. The van der Waals surface area contributed by atoms with E-state index in [1.54, 1.807) is 0 Å². The Labute approximate surface area is 123 Å². The fraction of sp³-hybridized carbons (Fsp3) is 0.200. The Bertz CT molecular complexity index is 707. The molecule has 0 aliphatic rings. The van der Waals surface area contributed by atoms with Gasteiger partial charge in [0.2, 0.25) is 10.0 Å².